The summed E-state index contributed by atoms with van der Waals surface area (Å²) in [7, 11) is 2.01. The van der Waals surface area contributed by atoms with E-state index in [-0.39, 0.29) is 0 Å². The second kappa shape index (κ2) is 8.81. The molecule has 5 rings (SSSR count). The van der Waals surface area contributed by atoms with Gasteiger partial charge in [-0.1, -0.05) is 66.2 Å². The normalized spacial score (nSPS) is 11.1. The molecule has 0 saturated heterocycles. The van der Waals surface area contributed by atoms with Crippen molar-refractivity contribution in [3.05, 3.63) is 107 Å². The number of hydrogen-bond donors (Lipinski definition) is 0. The fourth-order valence-electron chi connectivity index (χ4n) is 3.89. The molecule has 0 unspecified atom stereocenters. The average molecular weight is 440 g/mol. The van der Waals surface area contributed by atoms with E-state index in [2.05, 4.69) is 67.1 Å². The van der Waals surface area contributed by atoms with Gasteiger partial charge in [0.25, 0.3) is 0 Å². The van der Waals surface area contributed by atoms with Gasteiger partial charge in [0.1, 0.15) is 0 Å². The molecule has 0 radical (unpaired) electrons. The second-order valence-electron chi connectivity index (χ2n) is 7.78. The van der Waals surface area contributed by atoms with Gasteiger partial charge in [-0.3, -0.25) is 9.55 Å². The molecule has 0 saturated carbocycles. The first-order valence-electron chi connectivity index (χ1n) is 10.5. The van der Waals surface area contributed by atoms with Crippen molar-refractivity contribution >= 4 is 28.3 Å². The number of fused-ring (bicyclic) bond motifs is 1. The third-order valence-electron chi connectivity index (χ3n) is 5.44. The smallest absolute Gasteiger partial charge is 0.227 e. The van der Waals surface area contributed by atoms with Crippen LogP contribution in [-0.2, 0) is 13.1 Å². The van der Waals surface area contributed by atoms with Gasteiger partial charge in [-0.15, -0.1) is 10.2 Å². The zero-order valence-corrected chi connectivity index (χ0v) is 18.4. The topological polar surface area (TPSA) is 46.8 Å². The van der Waals surface area contributed by atoms with Crippen LogP contribution < -0.4 is 4.90 Å². The minimum absolute atomic E-state index is 0.609. The van der Waals surface area contributed by atoms with Crippen molar-refractivity contribution in [2.75, 3.05) is 11.9 Å². The van der Waals surface area contributed by atoms with Gasteiger partial charge in [-0.25, -0.2) is 0 Å². The van der Waals surface area contributed by atoms with Crippen LogP contribution in [0.3, 0.4) is 0 Å². The lowest BCUT2D eigenvalue weighted by molar-refractivity contribution is 0.747. The Hall–Kier alpha value is -3.70. The molecule has 2 heterocycles. The lowest BCUT2D eigenvalue weighted by atomic mass is 10.1. The van der Waals surface area contributed by atoms with Gasteiger partial charge in [0.05, 0.1) is 18.8 Å². The van der Waals surface area contributed by atoms with Crippen molar-refractivity contribution in [2.24, 2.45) is 0 Å². The van der Waals surface area contributed by atoms with E-state index >= 15 is 0 Å². The molecular weight excluding hydrogens is 418 g/mol. The van der Waals surface area contributed by atoms with Crippen molar-refractivity contribution in [1.82, 2.24) is 19.7 Å². The Morgan fingerprint density at radius 3 is 2.50 bits per heavy atom. The van der Waals surface area contributed by atoms with Crippen molar-refractivity contribution in [2.45, 2.75) is 13.1 Å². The maximum atomic E-state index is 6.26. The van der Waals surface area contributed by atoms with Gasteiger partial charge in [-0.05, 0) is 46.7 Å². The molecule has 5 aromatic rings. The van der Waals surface area contributed by atoms with E-state index in [1.807, 2.05) is 49.5 Å². The summed E-state index contributed by atoms with van der Waals surface area (Å²) in [6.07, 6.45) is 1.81. The molecule has 0 aliphatic heterocycles. The summed E-state index contributed by atoms with van der Waals surface area (Å²) in [5, 5.41) is 12.2. The van der Waals surface area contributed by atoms with Crippen LogP contribution in [0.1, 0.15) is 11.3 Å². The summed E-state index contributed by atoms with van der Waals surface area (Å²) in [6.45, 7) is 1.24. The van der Waals surface area contributed by atoms with E-state index in [0.717, 1.165) is 28.6 Å². The maximum absolute atomic E-state index is 6.26. The number of hydrogen-bond acceptors (Lipinski definition) is 4. The molecule has 32 heavy (non-hydrogen) atoms. The van der Waals surface area contributed by atoms with E-state index in [9.17, 15) is 0 Å². The Kier molecular flexibility index (Phi) is 5.57. The first-order chi connectivity index (χ1) is 15.7. The van der Waals surface area contributed by atoms with E-state index in [4.69, 9.17) is 11.6 Å². The predicted molar refractivity (Wildman–Crippen MR) is 130 cm³/mol. The Morgan fingerprint density at radius 1 is 0.844 bits per heavy atom. The molecule has 0 aliphatic carbocycles. The SMILES string of the molecule is CN(Cc1ccccn1)c1nnc(-c2ccc3ccccc3c2)n1Cc1cccc(Cl)c1. The molecule has 0 aliphatic rings. The first kappa shape index (κ1) is 20.2. The highest BCUT2D eigenvalue weighted by molar-refractivity contribution is 6.30. The first-order valence-corrected chi connectivity index (χ1v) is 10.8. The predicted octanol–water partition coefficient (Wildman–Crippen LogP) is 5.83. The van der Waals surface area contributed by atoms with Crippen LogP contribution in [0.5, 0.6) is 0 Å². The van der Waals surface area contributed by atoms with Gasteiger partial charge >= 0.3 is 0 Å². The number of halogens is 1. The van der Waals surface area contributed by atoms with Crippen molar-refractivity contribution in [3.8, 4) is 11.4 Å². The number of aromatic nitrogens is 4. The molecule has 0 N–H and O–H groups in total. The van der Waals surface area contributed by atoms with Gasteiger partial charge in [0.2, 0.25) is 5.95 Å². The van der Waals surface area contributed by atoms with Gasteiger partial charge in [0, 0.05) is 23.8 Å². The molecule has 0 spiro atoms. The summed E-state index contributed by atoms with van der Waals surface area (Å²) in [6, 6.07) is 28.5. The van der Waals surface area contributed by atoms with Gasteiger partial charge < -0.3 is 4.90 Å². The Bertz CT molecular complexity index is 1360. The summed E-state index contributed by atoms with van der Waals surface area (Å²) >= 11 is 6.26. The van der Waals surface area contributed by atoms with Crippen molar-refractivity contribution < 1.29 is 0 Å². The lowest BCUT2D eigenvalue weighted by Crippen LogP contribution is -2.22. The monoisotopic (exact) mass is 439 g/mol. The molecule has 0 fully saturated rings. The molecule has 5 nitrogen and oxygen atoms in total. The Labute approximate surface area is 191 Å². The van der Waals surface area contributed by atoms with Crippen molar-refractivity contribution in [1.29, 1.82) is 0 Å². The fraction of sp³-hybridized carbons (Fsp3) is 0.115. The minimum atomic E-state index is 0.609. The lowest BCUT2D eigenvalue weighted by Gasteiger charge is -2.20. The zero-order valence-electron chi connectivity index (χ0n) is 17.7. The summed E-state index contributed by atoms with van der Waals surface area (Å²) < 4.78 is 2.14. The number of anilines is 1. The highest BCUT2D eigenvalue weighted by Crippen LogP contribution is 2.28. The summed E-state index contributed by atoms with van der Waals surface area (Å²) in [5.41, 5.74) is 3.09. The highest BCUT2D eigenvalue weighted by atomic mass is 35.5. The molecule has 158 valence electrons. The molecular formula is C26H22ClN5. The second-order valence-corrected chi connectivity index (χ2v) is 8.22. The van der Waals surface area contributed by atoms with Crippen LogP contribution in [0.25, 0.3) is 22.2 Å². The Morgan fingerprint density at radius 2 is 1.69 bits per heavy atom. The Balaban J connectivity index is 1.57. The fourth-order valence-corrected chi connectivity index (χ4v) is 4.10. The van der Waals surface area contributed by atoms with E-state index in [1.165, 1.54) is 10.8 Å². The maximum Gasteiger partial charge on any atom is 0.227 e. The van der Waals surface area contributed by atoms with Crippen LogP contribution in [0.15, 0.2) is 91.1 Å². The standard InChI is InChI=1S/C26H22ClN5/c1-31(18-24-11-4-5-14-28-24)26-30-29-25(32(26)17-19-7-6-10-23(27)15-19)22-13-12-20-8-2-3-9-21(20)16-22/h2-16H,17-18H2,1H3. The van der Waals surface area contributed by atoms with E-state index in [1.54, 1.807) is 6.20 Å². The average Bonchev–Trinajstić information content (AvgIpc) is 3.23. The summed E-state index contributed by atoms with van der Waals surface area (Å²) in [4.78, 5) is 6.53. The number of benzene rings is 3. The van der Waals surface area contributed by atoms with Crippen LogP contribution in [0.4, 0.5) is 5.95 Å². The van der Waals surface area contributed by atoms with Crippen LogP contribution >= 0.6 is 11.6 Å². The quantitative estimate of drug-likeness (QED) is 0.334. The molecule has 0 bridgehead atoms. The zero-order chi connectivity index (χ0) is 21.9. The van der Waals surface area contributed by atoms with Gasteiger partial charge in [-0.2, -0.15) is 0 Å². The van der Waals surface area contributed by atoms with Crippen LogP contribution in [-0.4, -0.2) is 26.8 Å². The molecule has 6 heteroatoms. The molecule has 3 aromatic carbocycles. The number of nitrogens with zero attached hydrogens (tertiary/aromatic N) is 5. The third kappa shape index (κ3) is 4.20. The number of rotatable bonds is 6. The highest BCUT2D eigenvalue weighted by Gasteiger charge is 2.18. The van der Waals surface area contributed by atoms with Crippen molar-refractivity contribution in [3.63, 3.8) is 0 Å². The minimum Gasteiger partial charge on any atom is -0.338 e. The molecule has 0 amide bonds. The molecule has 2 aromatic heterocycles. The van der Waals surface area contributed by atoms with Gasteiger partial charge in [0.15, 0.2) is 5.82 Å². The van der Waals surface area contributed by atoms with E-state index in [0.29, 0.717) is 18.1 Å². The van der Waals surface area contributed by atoms with Crippen LogP contribution in [0, 0.1) is 0 Å². The van der Waals surface area contributed by atoms with Crippen LogP contribution in [0.2, 0.25) is 5.02 Å². The summed E-state index contributed by atoms with van der Waals surface area (Å²) in [5.74, 6) is 1.59. The largest absolute Gasteiger partial charge is 0.338 e. The van der Waals surface area contributed by atoms with E-state index < -0.39 is 0 Å². The third-order valence-corrected chi connectivity index (χ3v) is 5.67. The number of pyridine rings is 1. The molecule has 0 atom stereocenters.